The van der Waals surface area contributed by atoms with Crippen LogP contribution in [-0.2, 0) is 11.4 Å². The van der Waals surface area contributed by atoms with Crippen LogP contribution in [0.5, 0.6) is 5.75 Å². The highest BCUT2D eigenvalue weighted by Gasteiger charge is 2.25. The summed E-state index contributed by atoms with van der Waals surface area (Å²) in [6.45, 7) is 0.341. The van der Waals surface area contributed by atoms with Crippen molar-refractivity contribution < 1.29 is 14.3 Å². The number of carbonyl (C=O) groups is 2. The second kappa shape index (κ2) is 7.30. The van der Waals surface area contributed by atoms with Crippen LogP contribution in [0.15, 0.2) is 47.4 Å². The highest BCUT2D eigenvalue weighted by atomic mass is 35.5. The smallest absolute Gasteiger partial charge is 0.290 e. The molecule has 2 amide bonds. The highest BCUT2D eigenvalue weighted by molar-refractivity contribution is 8.18. The molecule has 3 rings (SSSR count). The van der Waals surface area contributed by atoms with Gasteiger partial charge in [-0.1, -0.05) is 35.3 Å². The molecule has 7 heteroatoms. The number of imide groups is 1. The van der Waals surface area contributed by atoms with Gasteiger partial charge in [0.05, 0.1) is 4.91 Å². The quantitative estimate of drug-likeness (QED) is 0.767. The fourth-order valence-electron chi connectivity index (χ4n) is 2.07. The predicted molar refractivity (Wildman–Crippen MR) is 96.3 cm³/mol. The molecule has 0 radical (unpaired) electrons. The molecule has 1 saturated heterocycles. The molecule has 24 heavy (non-hydrogen) atoms. The summed E-state index contributed by atoms with van der Waals surface area (Å²) >= 11 is 12.7. The predicted octanol–water partition coefficient (Wildman–Crippen LogP) is 4.90. The average molecular weight is 380 g/mol. The van der Waals surface area contributed by atoms with Crippen molar-refractivity contribution in [3.05, 3.63) is 68.5 Å². The Balaban J connectivity index is 1.83. The van der Waals surface area contributed by atoms with Crippen molar-refractivity contribution in [2.75, 3.05) is 0 Å². The molecular formula is C17H11Cl2NO3S. The van der Waals surface area contributed by atoms with Crippen LogP contribution in [0.2, 0.25) is 10.0 Å². The van der Waals surface area contributed by atoms with Crippen molar-refractivity contribution in [2.24, 2.45) is 0 Å². The van der Waals surface area contributed by atoms with E-state index < -0.39 is 11.1 Å². The zero-order valence-electron chi connectivity index (χ0n) is 12.2. The monoisotopic (exact) mass is 379 g/mol. The maximum Gasteiger partial charge on any atom is 0.290 e. The van der Waals surface area contributed by atoms with Gasteiger partial charge in [0.25, 0.3) is 11.1 Å². The Hall–Kier alpha value is -1.95. The summed E-state index contributed by atoms with van der Waals surface area (Å²) in [6.07, 6.45) is 1.59. The third-order valence-electron chi connectivity index (χ3n) is 3.21. The average Bonchev–Trinajstić information content (AvgIpc) is 2.86. The van der Waals surface area contributed by atoms with Crippen LogP contribution < -0.4 is 10.1 Å². The number of halogens is 2. The Morgan fingerprint density at radius 2 is 1.75 bits per heavy atom. The van der Waals surface area contributed by atoms with Crippen LogP contribution in [0.4, 0.5) is 4.79 Å². The molecule has 2 aromatic carbocycles. The van der Waals surface area contributed by atoms with Gasteiger partial charge in [0.15, 0.2) is 0 Å². The van der Waals surface area contributed by atoms with Gasteiger partial charge in [-0.15, -0.1) is 0 Å². The second-order valence-electron chi connectivity index (χ2n) is 4.95. The lowest BCUT2D eigenvalue weighted by Crippen LogP contribution is -2.17. The van der Waals surface area contributed by atoms with Gasteiger partial charge in [0.2, 0.25) is 0 Å². The lowest BCUT2D eigenvalue weighted by atomic mass is 10.1. The van der Waals surface area contributed by atoms with Gasteiger partial charge in [0, 0.05) is 15.6 Å². The maximum atomic E-state index is 11.7. The lowest BCUT2D eigenvalue weighted by molar-refractivity contribution is -0.115. The first-order valence-corrected chi connectivity index (χ1v) is 8.50. The first kappa shape index (κ1) is 16.9. The van der Waals surface area contributed by atoms with E-state index in [9.17, 15) is 9.59 Å². The number of carbonyl (C=O) groups excluding carboxylic acids is 2. The Kier molecular flexibility index (Phi) is 5.14. The molecule has 2 aromatic rings. The minimum atomic E-state index is -0.423. The number of ether oxygens (including phenoxy) is 1. The minimum absolute atomic E-state index is 0.304. The van der Waals surface area contributed by atoms with Crippen LogP contribution in [0.3, 0.4) is 0 Å². The van der Waals surface area contributed by atoms with Crippen molar-refractivity contribution in [3.8, 4) is 5.75 Å². The number of nitrogens with one attached hydrogen (secondary N) is 1. The molecule has 1 aliphatic rings. The van der Waals surface area contributed by atoms with E-state index in [4.69, 9.17) is 27.9 Å². The fourth-order valence-corrected chi connectivity index (χ4v) is 3.05. The Morgan fingerprint density at radius 1 is 1.04 bits per heavy atom. The van der Waals surface area contributed by atoms with E-state index in [2.05, 4.69) is 5.32 Å². The molecule has 0 aliphatic carbocycles. The van der Waals surface area contributed by atoms with Crippen molar-refractivity contribution in [2.45, 2.75) is 6.61 Å². The Morgan fingerprint density at radius 3 is 2.42 bits per heavy atom. The van der Waals surface area contributed by atoms with Crippen molar-refractivity contribution in [3.63, 3.8) is 0 Å². The van der Waals surface area contributed by atoms with E-state index in [0.29, 0.717) is 32.9 Å². The van der Waals surface area contributed by atoms with Crippen molar-refractivity contribution in [1.82, 2.24) is 5.32 Å². The van der Waals surface area contributed by atoms with Crippen LogP contribution in [0, 0.1) is 0 Å². The number of rotatable bonds is 4. The van der Waals surface area contributed by atoms with E-state index in [1.807, 2.05) is 12.1 Å². The molecule has 0 bridgehead atoms. The van der Waals surface area contributed by atoms with E-state index in [1.54, 1.807) is 36.4 Å². The maximum absolute atomic E-state index is 11.7. The van der Waals surface area contributed by atoms with Gasteiger partial charge < -0.3 is 4.74 Å². The standard InChI is InChI=1S/C17H11Cl2NO3S/c18-12-3-1-10(2-4-12)9-23-14-6-5-13(19)7-11(14)8-15-16(21)20-17(22)24-15/h1-8H,9H2,(H,20,21,22)/b15-8-. The number of benzene rings is 2. The molecule has 1 N–H and O–H groups in total. The van der Waals surface area contributed by atoms with Gasteiger partial charge in [0.1, 0.15) is 12.4 Å². The molecule has 1 aliphatic heterocycles. The van der Waals surface area contributed by atoms with Crippen molar-refractivity contribution in [1.29, 1.82) is 0 Å². The molecule has 0 saturated carbocycles. The number of thioether (sulfide) groups is 1. The van der Waals surface area contributed by atoms with Crippen LogP contribution >= 0.6 is 35.0 Å². The first-order valence-electron chi connectivity index (χ1n) is 6.93. The summed E-state index contributed by atoms with van der Waals surface area (Å²) in [5.74, 6) is 0.142. The SMILES string of the molecule is O=C1NC(=O)/C(=C/c2cc(Cl)ccc2OCc2ccc(Cl)cc2)S1. The third kappa shape index (κ3) is 4.12. The summed E-state index contributed by atoms with van der Waals surface area (Å²) in [6, 6.07) is 12.4. The molecular weight excluding hydrogens is 369 g/mol. The highest BCUT2D eigenvalue weighted by Crippen LogP contribution is 2.31. The van der Waals surface area contributed by atoms with E-state index in [1.165, 1.54) is 0 Å². The zero-order valence-corrected chi connectivity index (χ0v) is 14.5. The third-order valence-corrected chi connectivity index (χ3v) is 4.51. The van der Waals surface area contributed by atoms with Crippen LogP contribution in [-0.4, -0.2) is 11.1 Å². The molecule has 0 aromatic heterocycles. The number of hydrogen-bond donors (Lipinski definition) is 1. The normalized spacial score (nSPS) is 15.7. The molecule has 122 valence electrons. The fraction of sp³-hybridized carbons (Fsp3) is 0.0588. The van der Waals surface area contributed by atoms with Gasteiger partial charge >= 0.3 is 0 Å². The molecule has 0 unspecified atom stereocenters. The summed E-state index contributed by atoms with van der Waals surface area (Å²) in [4.78, 5) is 23.3. The Bertz CT molecular complexity index is 834. The minimum Gasteiger partial charge on any atom is -0.488 e. The van der Waals surface area contributed by atoms with Gasteiger partial charge in [-0.05, 0) is 53.7 Å². The first-order chi connectivity index (χ1) is 11.5. The number of amides is 2. The van der Waals surface area contributed by atoms with Gasteiger partial charge in [-0.25, -0.2) is 0 Å². The van der Waals surface area contributed by atoms with E-state index in [0.717, 1.165) is 17.3 Å². The molecule has 0 atom stereocenters. The summed E-state index contributed by atoms with van der Waals surface area (Å²) in [5.41, 5.74) is 1.58. The van der Waals surface area contributed by atoms with Gasteiger partial charge in [-0.3, -0.25) is 14.9 Å². The van der Waals surface area contributed by atoms with Crippen LogP contribution in [0.1, 0.15) is 11.1 Å². The van der Waals surface area contributed by atoms with E-state index in [-0.39, 0.29) is 0 Å². The second-order valence-corrected chi connectivity index (χ2v) is 6.84. The zero-order chi connectivity index (χ0) is 17.1. The van der Waals surface area contributed by atoms with E-state index >= 15 is 0 Å². The topological polar surface area (TPSA) is 55.4 Å². The molecule has 1 heterocycles. The summed E-state index contributed by atoms with van der Waals surface area (Å²) < 4.78 is 5.82. The summed E-state index contributed by atoms with van der Waals surface area (Å²) in [5, 5.41) is 2.99. The molecule has 1 fully saturated rings. The lowest BCUT2D eigenvalue weighted by Gasteiger charge is -2.10. The van der Waals surface area contributed by atoms with Crippen molar-refractivity contribution >= 4 is 52.2 Å². The number of hydrogen-bond acceptors (Lipinski definition) is 4. The van der Waals surface area contributed by atoms with Gasteiger partial charge in [-0.2, -0.15) is 0 Å². The summed E-state index contributed by atoms with van der Waals surface area (Å²) in [7, 11) is 0. The molecule has 0 spiro atoms. The Labute approximate surface area is 152 Å². The molecule has 4 nitrogen and oxygen atoms in total. The largest absolute Gasteiger partial charge is 0.488 e. The van der Waals surface area contributed by atoms with Crippen LogP contribution in [0.25, 0.3) is 6.08 Å².